The number of anilines is 1. The average Bonchev–Trinajstić information content (AvgIpc) is 2.36. The van der Waals surface area contributed by atoms with E-state index in [1.165, 1.54) is 6.33 Å². The van der Waals surface area contributed by atoms with E-state index >= 15 is 0 Å². The van der Waals surface area contributed by atoms with Gasteiger partial charge >= 0.3 is 6.09 Å². The molecule has 8 heteroatoms. The van der Waals surface area contributed by atoms with Crippen LogP contribution in [-0.4, -0.2) is 41.0 Å². The summed E-state index contributed by atoms with van der Waals surface area (Å²) in [6.07, 6.45) is 2.06. The first kappa shape index (κ1) is 17.2. The molecule has 0 aliphatic rings. The number of aromatic nitrogens is 2. The number of amides is 1. The number of ether oxygens (including phenoxy) is 1. The van der Waals surface area contributed by atoms with Crippen molar-refractivity contribution in [2.75, 3.05) is 18.4 Å². The molecule has 0 aromatic carbocycles. The lowest BCUT2D eigenvalue weighted by Crippen LogP contribution is -2.33. The summed E-state index contributed by atoms with van der Waals surface area (Å²) < 4.78 is 5.10. The van der Waals surface area contributed by atoms with Crippen molar-refractivity contribution in [1.82, 2.24) is 15.3 Å². The molecular formula is C13H19ClN4O3. The van der Waals surface area contributed by atoms with Gasteiger partial charge in [0, 0.05) is 13.1 Å². The zero-order valence-corrected chi connectivity index (χ0v) is 13.0. The van der Waals surface area contributed by atoms with Gasteiger partial charge in [-0.2, -0.15) is 0 Å². The molecule has 1 aromatic heterocycles. The van der Waals surface area contributed by atoms with Gasteiger partial charge in [-0.15, -0.1) is 0 Å². The highest BCUT2D eigenvalue weighted by molar-refractivity contribution is 6.32. The minimum atomic E-state index is -0.515. The van der Waals surface area contributed by atoms with E-state index in [0.29, 0.717) is 31.6 Å². The number of nitrogens with one attached hydrogen (secondary N) is 2. The Balaban J connectivity index is 2.31. The van der Waals surface area contributed by atoms with Gasteiger partial charge in [0.05, 0.1) is 5.56 Å². The molecule has 0 bridgehead atoms. The summed E-state index contributed by atoms with van der Waals surface area (Å²) in [5.41, 5.74) is -0.293. The Labute approximate surface area is 128 Å². The van der Waals surface area contributed by atoms with Crippen molar-refractivity contribution in [2.45, 2.75) is 32.8 Å². The highest BCUT2D eigenvalue weighted by Crippen LogP contribution is 2.16. The zero-order valence-electron chi connectivity index (χ0n) is 12.3. The fourth-order valence-electron chi connectivity index (χ4n) is 1.42. The third-order valence-electron chi connectivity index (χ3n) is 2.27. The minimum absolute atomic E-state index is 0.106. The van der Waals surface area contributed by atoms with Crippen molar-refractivity contribution in [1.29, 1.82) is 0 Å². The van der Waals surface area contributed by atoms with E-state index in [2.05, 4.69) is 20.6 Å². The number of hydrogen-bond acceptors (Lipinski definition) is 6. The van der Waals surface area contributed by atoms with E-state index in [4.69, 9.17) is 16.3 Å². The molecule has 21 heavy (non-hydrogen) atoms. The molecule has 0 unspecified atom stereocenters. The molecule has 0 fully saturated rings. The van der Waals surface area contributed by atoms with Gasteiger partial charge in [-0.3, -0.25) is 4.79 Å². The number of halogens is 1. The molecule has 1 amide bonds. The largest absolute Gasteiger partial charge is 0.444 e. The standard InChI is InChI=1S/C13H19ClN4O3/c1-13(2,3)21-12(20)16-6-4-5-15-11-9(7-19)10(14)17-8-18-11/h7-8H,4-6H2,1-3H3,(H,16,20)(H,15,17,18). The third kappa shape index (κ3) is 6.40. The lowest BCUT2D eigenvalue weighted by molar-refractivity contribution is 0.0527. The van der Waals surface area contributed by atoms with Gasteiger partial charge in [-0.05, 0) is 27.2 Å². The Morgan fingerprint density at radius 3 is 2.71 bits per heavy atom. The zero-order chi connectivity index (χ0) is 15.9. The van der Waals surface area contributed by atoms with Crippen molar-refractivity contribution in [2.24, 2.45) is 0 Å². The second kappa shape index (κ2) is 7.78. The van der Waals surface area contributed by atoms with Crippen LogP contribution < -0.4 is 10.6 Å². The molecule has 7 nitrogen and oxygen atoms in total. The Bertz CT molecular complexity index is 503. The maximum Gasteiger partial charge on any atom is 0.407 e. The van der Waals surface area contributed by atoms with E-state index in [1.807, 2.05) is 0 Å². The summed E-state index contributed by atoms with van der Waals surface area (Å²) in [6, 6.07) is 0. The lowest BCUT2D eigenvalue weighted by atomic mass is 10.2. The van der Waals surface area contributed by atoms with Crippen LogP contribution >= 0.6 is 11.6 Å². The monoisotopic (exact) mass is 314 g/mol. The highest BCUT2D eigenvalue weighted by Gasteiger charge is 2.15. The van der Waals surface area contributed by atoms with Crippen LogP contribution in [0.15, 0.2) is 6.33 Å². The predicted molar refractivity (Wildman–Crippen MR) is 79.8 cm³/mol. The van der Waals surface area contributed by atoms with E-state index in [9.17, 15) is 9.59 Å². The van der Waals surface area contributed by atoms with Gasteiger partial charge in [0.2, 0.25) is 0 Å². The number of carbonyl (C=O) groups excluding carboxylic acids is 2. The van der Waals surface area contributed by atoms with Crippen molar-refractivity contribution in [3.63, 3.8) is 0 Å². The first-order chi connectivity index (χ1) is 9.83. The first-order valence-corrected chi connectivity index (χ1v) is 6.87. The second-order valence-corrected chi connectivity index (χ2v) is 5.61. The molecule has 0 aliphatic heterocycles. The minimum Gasteiger partial charge on any atom is -0.444 e. The molecule has 0 radical (unpaired) electrons. The van der Waals surface area contributed by atoms with E-state index in [0.717, 1.165) is 0 Å². The van der Waals surface area contributed by atoms with Gasteiger partial charge in [0.15, 0.2) is 6.29 Å². The van der Waals surface area contributed by atoms with Crippen LogP contribution in [0.4, 0.5) is 10.6 Å². The molecule has 1 aromatic rings. The normalized spacial score (nSPS) is 10.9. The Morgan fingerprint density at radius 2 is 2.10 bits per heavy atom. The number of nitrogens with zero attached hydrogens (tertiary/aromatic N) is 2. The Morgan fingerprint density at radius 1 is 1.38 bits per heavy atom. The van der Waals surface area contributed by atoms with Gasteiger partial charge in [0.1, 0.15) is 22.9 Å². The summed E-state index contributed by atoms with van der Waals surface area (Å²) in [6.45, 7) is 6.36. The summed E-state index contributed by atoms with van der Waals surface area (Å²) in [5, 5.41) is 5.71. The maximum absolute atomic E-state index is 11.4. The summed E-state index contributed by atoms with van der Waals surface area (Å²) >= 11 is 5.78. The Hall–Kier alpha value is -1.89. The summed E-state index contributed by atoms with van der Waals surface area (Å²) in [4.78, 5) is 29.9. The van der Waals surface area contributed by atoms with Crippen molar-refractivity contribution in [3.05, 3.63) is 17.0 Å². The van der Waals surface area contributed by atoms with Crippen LogP contribution in [0.1, 0.15) is 37.6 Å². The van der Waals surface area contributed by atoms with Crippen LogP contribution in [0.25, 0.3) is 0 Å². The molecule has 2 N–H and O–H groups in total. The highest BCUT2D eigenvalue weighted by atomic mass is 35.5. The van der Waals surface area contributed by atoms with Gasteiger partial charge in [-0.1, -0.05) is 11.6 Å². The van der Waals surface area contributed by atoms with Crippen molar-refractivity contribution >= 4 is 29.8 Å². The van der Waals surface area contributed by atoms with Crippen LogP contribution in [0.3, 0.4) is 0 Å². The van der Waals surface area contributed by atoms with Gasteiger partial charge in [0.25, 0.3) is 0 Å². The molecule has 0 atom stereocenters. The fourth-order valence-corrected chi connectivity index (χ4v) is 1.60. The molecule has 0 saturated heterocycles. The smallest absolute Gasteiger partial charge is 0.407 e. The number of rotatable bonds is 6. The summed E-state index contributed by atoms with van der Waals surface area (Å²) in [5.74, 6) is 0.377. The lowest BCUT2D eigenvalue weighted by Gasteiger charge is -2.19. The maximum atomic E-state index is 11.4. The molecule has 0 spiro atoms. The molecule has 1 rings (SSSR count). The fraction of sp³-hybridized carbons (Fsp3) is 0.538. The van der Waals surface area contributed by atoms with Crippen LogP contribution in [0, 0.1) is 0 Å². The summed E-state index contributed by atoms with van der Waals surface area (Å²) in [7, 11) is 0. The van der Waals surface area contributed by atoms with Crippen LogP contribution in [-0.2, 0) is 4.74 Å². The van der Waals surface area contributed by atoms with Crippen molar-refractivity contribution < 1.29 is 14.3 Å². The SMILES string of the molecule is CC(C)(C)OC(=O)NCCCNc1ncnc(Cl)c1C=O. The van der Waals surface area contributed by atoms with Crippen molar-refractivity contribution in [3.8, 4) is 0 Å². The predicted octanol–water partition coefficient (Wildman–Crippen LogP) is 2.27. The van der Waals surface area contributed by atoms with E-state index < -0.39 is 11.7 Å². The molecule has 0 aliphatic carbocycles. The van der Waals surface area contributed by atoms with E-state index in [-0.39, 0.29) is 10.7 Å². The molecule has 116 valence electrons. The quantitative estimate of drug-likeness (QED) is 0.475. The molecule has 1 heterocycles. The van der Waals surface area contributed by atoms with Crippen LogP contribution in [0.5, 0.6) is 0 Å². The molecular weight excluding hydrogens is 296 g/mol. The first-order valence-electron chi connectivity index (χ1n) is 6.50. The Kier molecular flexibility index (Phi) is 6.36. The number of alkyl carbamates (subject to hydrolysis) is 1. The van der Waals surface area contributed by atoms with Gasteiger partial charge in [-0.25, -0.2) is 14.8 Å². The average molecular weight is 315 g/mol. The molecule has 0 saturated carbocycles. The topological polar surface area (TPSA) is 93.2 Å². The second-order valence-electron chi connectivity index (χ2n) is 5.25. The van der Waals surface area contributed by atoms with Gasteiger partial charge < -0.3 is 15.4 Å². The number of carbonyl (C=O) groups is 2. The number of hydrogen-bond donors (Lipinski definition) is 2. The number of aldehydes is 1. The third-order valence-corrected chi connectivity index (χ3v) is 2.57. The van der Waals surface area contributed by atoms with Crippen LogP contribution in [0.2, 0.25) is 5.15 Å². The van der Waals surface area contributed by atoms with E-state index in [1.54, 1.807) is 20.8 Å².